The van der Waals surface area contributed by atoms with E-state index in [2.05, 4.69) is 5.32 Å². The van der Waals surface area contributed by atoms with Gasteiger partial charge in [-0.05, 0) is 12.1 Å². The quantitative estimate of drug-likeness (QED) is 0.680. The lowest BCUT2D eigenvalue weighted by atomic mass is 10.2. The second-order valence-electron chi connectivity index (χ2n) is 3.68. The molecule has 0 unspecified atom stereocenters. The number of nitrogens with one attached hydrogen (secondary N) is 1. The average molecular weight is 285 g/mol. The topological polar surface area (TPSA) is 56.0 Å². The summed E-state index contributed by atoms with van der Waals surface area (Å²) < 4.78 is 26.3. The second kappa shape index (κ2) is 5.19. The molecule has 0 bridgehead atoms. The van der Waals surface area contributed by atoms with Crippen LogP contribution in [-0.2, 0) is 0 Å². The van der Waals surface area contributed by atoms with Crippen molar-refractivity contribution in [2.45, 2.75) is 0 Å². The Kier molecular flexibility index (Phi) is 3.62. The van der Waals surface area contributed by atoms with Gasteiger partial charge >= 0.3 is 0 Å². The van der Waals surface area contributed by atoms with Crippen LogP contribution in [0.2, 0.25) is 5.02 Å². The van der Waals surface area contributed by atoms with Gasteiger partial charge in [-0.3, -0.25) is 4.79 Å². The highest BCUT2D eigenvalue weighted by Crippen LogP contribution is 2.17. The highest BCUT2D eigenvalue weighted by atomic mass is 35.5. The zero-order valence-electron chi connectivity index (χ0n) is 9.36. The SMILES string of the molecule is O=C(Nc1cc(F)cc(F)c1)c1c[n+]([O-])ccc1Cl. The van der Waals surface area contributed by atoms with E-state index in [0.29, 0.717) is 10.8 Å². The Morgan fingerprint density at radius 1 is 1.26 bits per heavy atom. The Morgan fingerprint density at radius 2 is 1.89 bits per heavy atom. The standard InChI is InChI=1S/C12H7ClF2N2O2/c13-11-1-2-17(19)6-10(11)12(18)16-9-4-7(14)3-8(15)5-9/h1-6H,(H,16,18). The van der Waals surface area contributed by atoms with Crippen molar-refractivity contribution in [3.05, 3.63) is 64.1 Å². The molecule has 1 heterocycles. The molecule has 98 valence electrons. The first-order valence-electron chi connectivity index (χ1n) is 5.11. The summed E-state index contributed by atoms with van der Waals surface area (Å²) in [6.45, 7) is 0. The van der Waals surface area contributed by atoms with Crippen LogP contribution in [0.15, 0.2) is 36.7 Å². The van der Waals surface area contributed by atoms with Crippen LogP contribution in [0.3, 0.4) is 0 Å². The van der Waals surface area contributed by atoms with Crippen LogP contribution in [0.1, 0.15) is 10.4 Å². The third-order valence-electron chi connectivity index (χ3n) is 2.25. The van der Waals surface area contributed by atoms with Crippen LogP contribution in [0, 0.1) is 16.8 Å². The fourth-order valence-corrected chi connectivity index (χ4v) is 1.64. The van der Waals surface area contributed by atoms with E-state index in [1.54, 1.807) is 0 Å². The molecule has 1 aromatic carbocycles. The molecule has 7 heteroatoms. The number of nitrogens with zero attached hydrogens (tertiary/aromatic N) is 1. The summed E-state index contributed by atoms with van der Waals surface area (Å²) in [5, 5.41) is 13.4. The van der Waals surface area contributed by atoms with Crippen molar-refractivity contribution in [3.63, 3.8) is 0 Å². The minimum absolute atomic E-state index is 0.0569. The number of carbonyl (C=O) groups excluding carboxylic acids is 1. The lowest BCUT2D eigenvalue weighted by Gasteiger charge is -2.06. The van der Waals surface area contributed by atoms with Gasteiger partial charge in [-0.15, -0.1) is 0 Å². The van der Waals surface area contributed by atoms with E-state index >= 15 is 0 Å². The normalized spacial score (nSPS) is 10.3. The van der Waals surface area contributed by atoms with Crippen LogP contribution in [0.25, 0.3) is 0 Å². The minimum Gasteiger partial charge on any atom is -0.619 e. The van der Waals surface area contributed by atoms with Crippen molar-refractivity contribution in [3.8, 4) is 0 Å². The van der Waals surface area contributed by atoms with E-state index in [9.17, 15) is 18.8 Å². The number of carbonyl (C=O) groups is 1. The Morgan fingerprint density at radius 3 is 2.53 bits per heavy atom. The number of benzene rings is 1. The Balaban J connectivity index is 2.28. The lowest BCUT2D eigenvalue weighted by molar-refractivity contribution is -0.605. The molecule has 4 nitrogen and oxygen atoms in total. The molecule has 1 aromatic heterocycles. The predicted molar refractivity (Wildman–Crippen MR) is 64.7 cm³/mol. The maximum absolute atomic E-state index is 13.0. The van der Waals surface area contributed by atoms with Crippen LogP contribution in [0.4, 0.5) is 14.5 Å². The summed E-state index contributed by atoms with van der Waals surface area (Å²) in [4.78, 5) is 11.8. The maximum Gasteiger partial charge on any atom is 0.263 e. The molecule has 0 atom stereocenters. The smallest absolute Gasteiger partial charge is 0.263 e. The highest BCUT2D eigenvalue weighted by molar-refractivity contribution is 6.34. The van der Waals surface area contributed by atoms with E-state index in [1.807, 2.05) is 0 Å². The van der Waals surface area contributed by atoms with Crippen molar-refractivity contribution >= 4 is 23.2 Å². The largest absolute Gasteiger partial charge is 0.619 e. The van der Waals surface area contributed by atoms with Gasteiger partial charge in [0.05, 0.1) is 5.02 Å². The van der Waals surface area contributed by atoms with Crippen molar-refractivity contribution in [1.82, 2.24) is 0 Å². The van der Waals surface area contributed by atoms with Gasteiger partial charge in [0, 0.05) is 17.8 Å². The van der Waals surface area contributed by atoms with E-state index in [4.69, 9.17) is 11.6 Å². The second-order valence-corrected chi connectivity index (χ2v) is 4.09. The molecule has 2 aromatic rings. The molecule has 0 aliphatic rings. The van der Waals surface area contributed by atoms with Crippen LogP contribution >= 0.6 is 11.6 Å². The number of amides is 1. The van der Waals surface area contributed by atoms with Crippen LogP contribution < -0.4 is 10.0 Å². The Labute approximate surface area is 111 Å². The third-order valence-corrected chi connectivity index (χ3v) is 2.58. The first kappa shape index (κ1) is 13.2. The summed E-state index contributed by atoms with van der Waals surface area (Å²) >= 11 is 5.76. The molecular weight excluding hydrogens is 278 g/mol. The van der Waals surface area contributed by atoms with Gasteiger partial charge in [-0.1, -0.05) is 11.6 Å². The lowest BCUT2D eigenvalue weighted by Crippen LogP contribution is -2.27. The highest BCUT2D eigenvalue weighted by Gasteiger charge is 2.15. The monoisotopic (exact) mass is 284 g/mol. The third kappa shape index (κ3) is 3.17. The molecule has 2 rings (SSSR count). The molecule has 0 aliphatic heterocycles. The average Bonchev–Trinajstić information content (AvgIpc) is 2.30. The molecule has 0 fully saturated rings. The van der Waals surface area contributed by atoms with Gasteiger partial charge in [0.25, 0.3) is 5.91 Å². The van der Waals surface area contributed by atoms with Crippen LogP contribution in [-0.4, -0.2) is 5.91 Å². The fraction of sp³-hybridized carbons (Fsp3) is 0. The molecule has 0 aliphatic carbocycles. The number of halogens is 3. The molecule has 0 radical (unpaired) electrons. The number of pyridine rings is 1. The minimum atomic E-state index is -0.826. The molecular formula is C12H7ClF2N2O2. The Bertz CT molecular complexity index is 629. The fourth-order valence-electron chi connectivity index (χ4n) is 1.45. The molecule has 19 heavy (non-hydrogen) atoms. The Hall–Kier alpha value is -2.21. The first-order chi connectivity index (χ1) is 8.95. The van der Waals surface area contributed by atoms with Crippen molar-refractivity contribution in [1.29, 1.82) is 0 Å². The van der Waals surface area contributed by atoms with Gasteiger partial charge in [-0.2, -0.15) is 4.73 Å². The van der Waals surface area contributed by atoms with E-state index < -0.39 is 17.5 Å². The van der Waals surface area contributed by atoms with E-state index in [-0.39, 0.29) is 16.3 Å². The number of hydrogen-bond acceptors (Lipinski definition) is 2. The number of aromatic nitrogens is 1. The molecule has 0 saturated carbocycles. The van der Waals surface area contributed by atoms with Gasteiger partial charge in [0.1, 0.15) is 17.2 Å². The summed E-state index contributed by atoms with van der Waals surface area (Å²) in [7, 11) is 0. The van der Waals surface area contributed by atoms with E-state index in [0.717, 1.165) is 24.5 Å². The summed E-state index contributed by atoms with van der Waals surface area (Å²) in [5.74, 6) is -2.39. The van der Waals surface area contributed by atoms with Gasteiger partial charge < -0.3 is 10.5 Å². The number of hydrogen-bond donors (Lipinski definition) is 1. The molecule has 1 amide bonds. The van der Waals surface area contributed by atoms with Crippen molar-refractivity contribution in [2.75, 3.05) is 5.32 Å². The van der Waals surface area contributed by atoms with E-state index in [1.165, 1.54) is 6.07 Å². The number of anilines is 1. The van der Waals surface area contributed by atoms with Gasteiger partial charge in [0.2, 0.25) is 0 Å². The predicted octanol–water partition coefficient (Wildman–Crippen LogP) is 2.50. The van der Waals surface area contributed by atoms with Crippen LogP contribution in [0.5, 0.6) is 0 Å². The zero-order valence-corrected chi connectivity index (χ0v) is 10.1. The first-order valence-corrected chi connectivity index (χ1v) is 5.49. The summed E-state index contributed by atoms with van der Waals surface area (Å²) in [6, 6.07) is 3.82. The van der Waals surface area contributed by atoms with Crippen molar-refractivity contribution < 1.29 is 18.3 Å². The molecule has 0 spiro atoms. The summed E-state index contributed by atoms with van der Waals surface area (Å²) in [6.07, 6.45) is 2.09. The van der Waals surface area contributed by atoms with Crippen molar-refractivity contribution in [2.24, 2.45) is 0 Å². The molecule has 1 N–H and O–H groups in total. The van der Waals surface area contributed by atoms with Gasteiger partial charge in [0.15, 0.2) is 12.4 Å². The maximum atomic E-state index is 13.0. The number of rotatable bonds is 2. The molecule has 0 saturated heterocycles. The zero-order chi connectivity index (χ0) is 14.0. The van der Waals surface area contributed by atoms with Gasteiger partial charge in [-0.25, -0.2) is 8.78 Å². The summed E-state index contributed by atoms with van der Waals surface area (Å²) in [5.41, 5.74) is -0.163.